The van der Waals surface area contributed by atoms with Crippen molar-refractivity contribution in [1.29, 1.82) is 0 Å². The lowest BCUT2D eigenvalue weighted by Gasteiger charge is -2.15. The third-order valence-electron chi connectivity index (χ3n) is 3.26. The highest BCUT2D eigenvalue weighted by Gasteiger charge is 2.17. The van der Waals surface area contributed by atoms with Crippen LogP contribution in [0.5, 0.6) is 0 Å². The second-order valence-electron chi connectivity index (χ2n) is 4.68. The lowest BCUT2D eigenvalue weighted by atomic mass is 10.1. The van der Waals surface area contributed by atoms with Gasteiger partial charge in [0.1, 0.15) is 5.76 Å². The maximum atomic E-state index is 11.5. The molecular weight excluding hydrogens is 300 g/mol. The minimum atomic E-state index is -0.398. The topological polar surface area (TPSA) is 44.8 Å². The number of thiophene rings is 1. The molecule has 0 saturated carbocycles. The van der Waals surface area contributed by atoms with E-state index in [1.807, 2.05) is 12.1 Å². The number of methoxy groups -OCH3 is 2. The van der Waals surface area contributed by atoms with Gasteiger partial charge in [-0.15, -0.1) is 11.3 Å². The van der Waals surface area contributed by atoms with Crippen LogP contribution in [0.3, 0.4) is 0 Å². The van der Waals surface area contributed by atoms with Crippen LogP contribution in [0.15, 0.2) is 42.2 Å². The second kappa shape index (κ2) is 7.96. The van der Waals surface area contributed by atoms with Gasteiger partial charge < -0.3 is 14.2 Å². The zero-order valence-corrected chi connectivity index (χ0v) is 13.8. The molecule has 0 aliphatic carbocycles. The molecule has 1 unspecified atom stereocenters. The van der Waals surface area contributed by atoms with Crippen LogP contribution in [0.4, 0.5) is 0 Å². The lowest BCUT2D eigenvalue weighted by Crippen LogP contribution is -2.06. The molecule has 2 rings (SSSR count). The Morgan fingerprint density at radius 2 is 2.09 bits per heavy atom. The smallest absolute Gasteiger partial charge is 0.334 e. The molecular formula is C17H20O4S. The summed E-state index contributed by atoms with van der Waals surface area (Å²) in [4.78, 5) is 12.6. The molecule has 1 heterocycles. The van der Waals surface area contributed by atoms with Crippen LogP contribution in [0.1, 0.15) is 24.3 Å². The van der Waals surface area contributed by atoms with E-state index in [0.29, 0.717) is 18.8 Å². The molecule has 0 spiro atoms. The quantitative estimate of drug-likeness (QED) is 0.438. The van der Waals surface area contributed by atoms with Crippen molar-refractivity contribution in [2.45, 2.75) is 19.4 Å². The van der Waals surface area contributed by atoms with Crippen LogP contribution in [0.2, 0.25) is 0 Å². The summed E-state index contributed by atoms with van der Waals surface area (Å²) in [6, 6.07) is 10.3. The van der Waals surface area contributed by atoms with Crippen LogP contribution in [0, 0.1) is 0 Å². The highest BCUT2D eigenvalue weighted by Crippen LogP contribution is 2.34. The van der Waals surface area contributed by atoms with E-state index in [-0.39, 0.29) is 6.10 Å². The number of carbonyl (C=O) groups is 1. The molecule has 5 heteroatoms. The average Bonchev–Trinajstić information content (AvgIpc) is 2.95. The number of benzene rings is 1. The molecule has 0 aliphatic rings. The van der Waals surface area contributed by atoms with Gasteiger partial charge in [-0.05, 0) is 24.4 Å². The van der Waals surface area contributed by atoms with Crippen molar-refractivity contribution in [3.05, 3.63) is 47.0 Å². The van der Waals surface area contributed by atoms with Gasteiger partial charge in [0.15, 0.2) is 0 Å². The molecule has 0 amide bonds. The summed E-state index contributed by atoms with van der Waals surface area (Å²) in [6.07, 6.45) is 1.71. The van der Waals surface area contributed by atoms with Crippen molar-refractivity contribution < 1.29 is 19.0 Å². The lowest BCUT2D eigenvalue weighted by molar-refractivity contribution is -0.137. The third-order valence-corrected chi connectivity index (χ3v) is 4.47. The standard InChI is InChI=1S/C17H20O4S/c1-4-21-17(18)11-13(19-2)10-14(20-3)16-9-12-7-5-6-8-15(12)22-16/h5-9,11,14H,4,10H2,1-3H3/b13-11-. The highest BCUT2D eigenvalue weighted by atomic mass is 32.1. The maximum Gasteiger partial charge on any atom is 0.334 e. The Morgan fingerprint density at radius 3 is 2.73 bits per heavy atom. The van der Waals surface area contributed by atoms with Crippen LogP contribution >= 0.6 is 11.3 Å². The summed E-state index contributed by atoms with van der Waals surface area (Å²) < 4.78 is 17.0. The Bertz CT molecular complexity index is 626. The fourth-order valence-corrected chi connectivity index (χ4v) is 3.30. The fourth-order valence-electron chi connectivity index (χ4n) is 2.16. The number of ether oxygens (including phenoxy) is 3. The zero-order chi connectivity index (χ0) is 15.9. The number of rotatable bonds is 7. The zero-order valence-electron chi connectivity index (χ0n) is 13.0. The Morgan fingerprint density at radius 1 is 1.32 bits per heavy atom. The fraction of sp³-hybridized carbons (Fsp3) is 0.353. The third kappa shape index (κ3) is 4.08. The van der Waals surface area contributed by atoms with Gasteiger partial charge in [-0.1, -0.05) is 18.2 Å². The van der Waals surface area contributed by atoms with Crippen molar-refractivity contribution in [2.24, 2.45) is 0 Å². The Balaban J connectivity index is 2.18. The van der Waals surface area contributed by atoms with Crippen LogP contribution < -0.4 is 0 Å². The van der Waals surface area contributed by atoms with Gasteiger partial charge in [0.25, 0.3) is 0 Å². The molecule has 1 aromatic heterocycles. The SMILES string of the molecule is CCOC(=O)/C=C(/CC(OC)c1cc2ccccc2s1)OC. The maximum absolute atomic E-state index is 11.5. The van der Waals surface area contributed by atoms with Gasteiger partial charge >= 0.3 is 5.97 Å². The van der Waals surface area contributed by atoms with Crippen LogP contribution in [-0.2, 0) is 19.0 Å². The molecule has 4 nitrogen and oxygen atoms in total. The van der Waals surface area contributed by atoms with E-state index < -0.39 is 5.97 Å². The molecule has 0 radical (unpaired) electrons. The highest BCUT2D eigenvalue weighted by molar-refractivity contribution is 7.19. The van der Waals surface area contributed by atoms with Crippen LogP contribution in [0.25, 0.3) is 10.1 Å². The van der Waals surface area contributed by atoms with E-state index in [0.717, 1.165) is 4.88 Å². The molecule has 118 valence electrons. The Hall–Kier alpha value is -1.85. The second-order valence-corrected chi connectivity index (χ2v) is 5.80. The number of carbonyl (C=O) groups excluding carboxylic acids is 1. The van der Waals surface area contributed by atoms with Crippen molar-refractivity contribution in [2.75, 3.05) is 20.8 Å². The molecule has 0 N–H and O–H groups in total. The molecule has 2 aromatic rings. The van der Waals surface area contributed by atoms with Gasteiger partial charge in [0.05, 0.1) is 25.9 Å². The number of fused-ring (bicyclic) bond motifs is 1. The monoisotopic (exact) mass is 320 g/mol. The van der Waals surface area contributed by atoms with Crippen LogP contribution in [-0.4, -0.2) is 26.8 Å². The predicted molar refractivity (Wildman–Crippen MR) is 87.9 cm³/mol. The first-order valence-electron chi connectivity index (χ1n) is 7.10. The number of hydrogen-bond acceptors (Lipinski definition) is 5. The van der Waals surface area contributed by atoms with Gasteiger partial charge in [-0.2, -0.15) is 0 Å². The van der Waals surface area contributed by atoms with E-state index in [2.05, 4.69) is 18.2 Å². The normalized spacial score (nSPS) is 13.1. The minimum absolute atomic E-state index is 0.155. The van der Waals surface area contributed by atoms with Crippen molar-refractivity contribution in [1.82, 2.24) is 0 Å². The summed E-state index contributed by atoms with van der Waals surface area (Å²) in [5, 5.41) is 1.19. The minimum Gasteiger partial charge on any atom is -0.501 e. The number of esters is 1. The molecule has 0 aliphatic heterocycles. The summed E-state index contributed by atoms with van der Waals surface area (Å²) in [5.74, 6) is 0.147. The van der Waals surface area contributed by atoms with Gasteiger partial charge in [-0.3, -0.25) is 0 Å². The Kier molecular flexibility index (Phi) is 5.98. The number of hydrogen-bond donors (Lipinski definition) is 0. The van der Waals surface area contributed by atoms with Crippen molar-refractivity contribution >= 4 is 27.4 Å². The summed E-state index contributed by atoms with van der Waals surface area (Å²) in [6.45, 7) is 2.11. The van der Waals surface area contributed by atoms with E-state index in [1.54, 1.807) is 32.5 Å². The molecule has 0 fully saturated rings. The molecule has 0 saturated heterocycles. The van der Waals surface area contributed by atoms with Crippen molar-refractivity contribution in [3.63, 3.8) is 0 Å². The van der Waals surface area contributed by atoms with E-state index in [9.17, 15) is 4.79 Å². The Labute approximate surface area is 134 Å². The van der Waals surface area contributed by atoms with E-state index >= 15 is 0 Å². The largest absolute Gasteiger partial charge is 0.501 e. The first-order chi connectivity index (χ1) is 10.7. The van der Waals surface area contributed by atoms with Gasteiger partial charge in [0.2, 0.25) is 0 Å². The molecule has 22 heavy (non-hydrogen) atoms. The average molecular weight is 320 g/mol. The van der Waals surface area contributed by atoms with Gasteiger partial charge in [0, 0.05) is 23.1 Å². The molecule has 1 atom stereocenters. The van der Waals surface area contributed by atoms with Crippen molar-refractivity contribution in [3.8, 4) is 0 Å². The summed E-state index contributed by atoms with van der Waals surface area (Å²) >= 11 is 1.69. The van der Waals surface area contributed by atoms with Gasteiger partial charge in [-0.25, -0.2) is 4.79 Å². The predicted octanol–water partition coefficient (Wildman–Crippen LogP) is 4.07. The molecule has 0 bridgehead atoms. The first kappa shape index (κ1) is 16.5. The molecule has 1 aromatic carbocycles. The van der Waals surface area contributed by atoms with E-state index in [4.69, 9.17) is 14.2 Å². The van der Waals surface area contributed by atoms with E-state index in [1.165, 1.54) is 16.2 Å². The summed E-state index contributed by atoms with van der Waals surface area (Å²) in [5.41, 5.74) is 0. The summed E-state index contributed by atoms with van der Waals surface area (Å²) in [7, 11) is 3.20. The first-order valence-corrected chi connectivity index (χ1v) is 7.92.